The summed E-state index contributed by atoms with van der Waals surface area (Å²) in [6.45, 7) is 2.53. The average Bonchev–Trinajstić information content (AvgIpc) is 2.88. The number of nitrogens with zero attached hydrogens (tertiary/aromatic N) is 3. The normalized spacial score (nSPS) is 10.8. The first-order valence-electron chi connectivity index (χ1n) is 7.35. The van der Waals surface area contributed by atoms with E-state index in [9.17, 15) is 4.79 Å². The van der Waals surface area contributed by atoms with Crippen LogP contribution in [0.25, 0.3) is 11.2 Å². The summed E-state index contributed by atoms with van der Waals surface area (Å²) in [5, 5.41) is 8.94. The quantitative estimate of drug-likeness (QED) is 0.757. The Labute approximate surface area is 133 Å². The van der Waals surface area contributed by atoms with E-state index in [2.05, 4.69) is 9.97 Å². The van der Waals surface area contributed by atoms with Gasteiger partial charge in [-0.3, -0.25) is 4.79 Å². The minimum atomic E-state index is -0.853. The molecule has 6 heteroatoms. The molecular formula is C17H17N3O3. The number of imidazole rings is 1. The molecule has 0 aliphatic rings. The number of carboxylic acids is 1. The number of para-hydroxylation sites is 1. The third kappa shape index (κ3) is 3.48. The van der Waals surface area contributed by atoms with Crippen LogP contribution in [0.1, 0.15) is 17.8 Å². The summed E-state index contributed by atoms with van der Waals surface area (Å²) in [6.07, 6.45) is 1.77. The van der Waals surface area contributed by atoms with E-state index < -0.39 is 5.97 Å². The van der Waals surface area contributed by atoms with Crippen LogP contribution in [-0.2, 0) is 17.9 Å². The molecule has 23 heavy (non-hydrogen) atoms. The number of aryl methyl sites for hydroxylation is 2. The van der Waals surface area contributed by atoms with Crippen molar-refractivity contribution in [3.8, 4) is 5.75 Å². The Bertz CT molecular complexity index is 828. The summed E-state index contributed by atoms with van der Waals surface area (Å²) in [7, 11) is 0. The Morgan fingerprint density at radius 2 is 2.09 bits per heavy atom. The van der Waals surface area contributed by atoms with Crippen molar-refractivity contribution in [3.05, 3.63) is 54.0 Å². The Kier molecular flexibility index (Phi) is 4.23. The van der Waals surface area contributed by atoms with E-state index in [1.807, 2.05) is 47.9 Å². The molecule has 3 rings (SSSR count). The molecular weight excluding hydrogens is 294 g/mol. The zero-order valence-electron chi connectivity index (χ0n) is 12.8. The highest BCUT2D eigenvalue weighted by Crippen LogP contribution is 2.18. The Morgan fingerprint density at radius 3 is 2.83 bits per heavy atom. The first kappa shape index (κ1) is 15.0. The third-order valence-corrected chi connectivity index (χ3v) is 3.46. The SMILES string of the molecule is Cc1cnc2c(c1)nc(COc1ccccc1)n2CCC(=O)O. The third-order valence-electron chi connectivity index (χ3n) is 3.46. The van der Waals surface area contributed by atoms with Gasteiger partial charge in [-0.05, 0) is 30.7 Å². The number of hydrogen-bond donors (Lipinski definition) is 1. The maximum atomic E-state index is 10.9. The second kappa shape index (κ2) is 6.48. The second-order valence-corrected chi connectivity index (χ2v) is 5.28. The van der Waals surface area contributed by atoms with Crippen LogP contribution in [0.2, 0.25) is 0 Å². The van der Waals surface area contributed by atoms with Crippen molar-refractivity contribution in [2.45, 2.75) is 26.5 Å². The maximum Gasteiger partial charge on any atom is 0.305 e. The van der Waals surface area contributed by atoms with E-state index in [-0.39, 0.29) is 13.0 Å². The number of carboxylic acid groups (broad SMARTS) is 1. The smallest absolute Gasteiger partial charge is 0.305 e. The molecule has 3 aromatic rings. The fraction of sp³-hybridized carbons (Fsp3) is 0.235. The first-order chi connectivity index (χ1) is 11.1. The summed E-state index contributed by atoms with van der Waals surface area (Å²) in [5.41, 5.74) is 2.45. The van der Waals surface area contributed by atoms with E-state index in [4.69, 9.17) is 9.84 Å². The molecule has 0 aliphatic heterocycles. The molecule has 1 aromatic carbocycles. The van der Waals surface area contributed by atoms with Crippen LogP contribution in [0.5, 0.6) is 5.75 Å². The lowest BCUT2D eigenvalue weighted by molar-refractivity contribution is -0.137. The summed E-state index contributed by atoms with van der Waals surface area (Å²) in [5.74, 6) is 0.561. The molecule has 118 valence electrons. The number of fused-ring (bicyclic) bond motifs is 1. The van der Waals surface area contributed by atoms with E-state index in [1.54, 1.807) is 6.20 Å². The van der Waals surface area contributed by atoms with E-state index in [1.165, 1.54) is 0 Å². The largest absolute Gasteiger partial charge is 0.486 e. The Hall–Kier alpha value is -2.89. The fourth-order valence-corrected chi connectivity index (χ4v) is 2.38. The zero-order chi connectivity index (χ0) is 16.2. The molecule has 2 heterocycles. The number of hydrogen-bond acceptors (Lipinski definition) is 4. The van der Waals surface area contributed by atoms with Crippen LogP contribution in [0.4, 0.5) is 0 Å². The van der Waals surface area contributed by atoms with Crippen LogP contribution >= 0.6 is 0 Å². The second-order valence-electron chi connectivity index (χ2n) is 5.28. The van der Waals surface area contributed by atoms with Gasteiger partial charge in [-0.2, -0.15) is 0 Å². The highest BCUT2D eigenvalue weighted by atomic mass is 16.5. The predicted octanol–water partition coefficient (Wildman–Crippen LogP) is 2.79. The van der Waals surface area contributed by atoms with Crippen molar-refractivity contribution in [2.75, 3.05) is 0 Å². The van der Waals surface area contributed by atoms with Crippen LogP contribution in [0, 0.1) is 6.92 Å². The van der Waals surface area contributed by atoms with E-state index in [0.717, 1.165) is 16.8 Å². The van der Waals surface area contributed by atoms with Gasteiger partial charge >= 0.3 is 5.97 Å². The molecule has 0 saturated carbocycles. The molecule has 0 atom stereocenters. The molecule has 6 nitrogen and oxygen atoms in total. The molecule has 2 aromatic heterocycles. The lowest BCUT2D eigenvalue weighted by Gasteiger charge is -2.09. The molecule has 0 unspecified atom stereocenters. The van der Waals surface area contributed by atoms with Gasteiger partial charge in [0.1, 0.15) is 23.7 Å². The van der Waals surface area contributed by atoms with Crippen molar-refractivity contribution < 1.29 is 14.6 Å². The van der Waals surface area contributed by atoms with Gasteiger partial charge in [-0.15, -0.1) is 0 Å². The summed E-state index contributed by atoms with van der Waals surface area (Å²) in [4.78, 5) is 19.8. The summed E-state index contributed by atoms with van der Waals surface area (Å²) in [6, 6.07) is 11.4. The number of ether oxygens (including phenoxy) is 1. The monoisotopic (exact) mass is 311 g/mol. The highest BCUT2D eigenvalue weighted by molar-refractivity contribution is 5.72. The molecule has 0 spiro atoms. The van der Waals surface area contributed by atoms with Crippen LogP contribution in [0.15, 0.2) is 42.6 Å². The zero-order valence-corrected chi connectivity index (χ0v) is 12.8. The minimum Gasteiger partial charge on any atom is -0.486 e. The highest BCUT2D eigenvalue weighted by Gasteiger charge is 2.13. The molecule has 0 aliphatic carbocycles. The van der Waals surface area contributed by atoms with Gasteiger partial charge < -0.3 is 14.4 Å². The predicted molar refractivity (Wildman–Crippen MR) is 85.3 cm³/mol. The number of aromatic nitrogens is 3. The van der Waals surface area contributed by atoms with Gasteiger partial charge in [-0.25, -0.2) is 9.97 Å². The van der Waals surface area contributed by atoms with Crippen molar-refractivity contribution in [3.63, 3.8) is 0 Å². The van der Waals surface area contributed by atoms with Gasteiger partial charge in [-0.1, -0.05) is 18.2 Å². The Balaban J connectivity index is 1.90. The molecule has 1 N–H and O–H groups in total. The summed E-state index contributed by atoms with van der Waals surface area (Å²) < 4.78 is 7.55. The molecule has 0 fully saturated rings. The van der Waals surface area contributed by atoms with E-state index >= 15 is 0 Å². The summed E-state index contributed by atoms with van der Waals surface area (Å²) >= 11 is 0. The molecule has 0 amide bonds. The number of rotatable bonds is 6. The fourth-order valence-electron chi connectivity index (χ4n) is 2.38. The van der Waals surface area contributed by atoms with Gasteiger partial charge in [0.05, 0.1) is 6.42 Å². The number of benzene rings is 1. The number of pyridine rings is 1. The van der Waals surface area contributed by atoms with Gasteiger partial charge in [0.25, 0.3) is 0 Å². The first-order valence-corrected chi connectivity index (χ1v) is 7.35. The van der Waals surface area contributed by atoms with E-state index in [0.29, 0.717) is 18.0 Å². The molecule has 0 radical (unpaired) electrons. The Morgan fingerprint density at radius 1 is 1.30 bits per heavy atom. The van der Waals surface area contributed by atoms with Gasteiger partial charge in [0, 0.05) is 12.7 Å². The number of aliphatic carboxylic acids is 1. The number of carbonyl (C=O) groups is 1. The standard InChI is InChI=1S/C17H17N3O3/c1-12-9-14-17(18-10-12)20(8-7-16(21)22)15(19-14)11-23-13-5-3-2-4-6-13/h2-6,9-10H,7-8,11H2,1H3,(H,21,22). The molecule has 0 bridgehead atoms. The van der Waals surface area contributed by atoms with Gasteiger partial charge in [0.15, 0.2) is 5.65 Å². The van der Waals surface area contributed by atoms with Gasteiger partial charge in [0.2, 0.25) is 0 Å². The lowest BCUT2D eigenvalue weighted by Crippen LogP contribution is -2.10. The van der Waals surface area contributed by atoms with Crippen LogP contribution < -0.4 is 4.74 Å². The van der Waals surface area contributed by atoms with Crippen molar-refractivity contribution in [2.24, 2.45) is 0 Å². The topological polar surface area (TPSA) is 77.2 Å². The van der Waals surface area contributed by atoms with Crippen LogP contribution in [0.3, 0.4) is 0 Å². The maximum absolute atomic E-state index is 10.9. The van der Waals surface area contributed by atoms with Crippen molar-refractivity contribution in [1.29, 1.82) is 0 Å². The molecule has 0 saturated heterocycles. The van der Waals surface area contributed by atoms with Crippen LogP contribution in [-0.4, -0.2) is 25.6 Å². The minimum absolute atomic E-state index is 0.0132. The van der Waals surface area contributed by atoms with Crippen molar-refractivity contribution >= 4 is 17.1 Å². The average molecular weight is 311 g/mol. The lowest BCUT2D eigenvalue weighted by atomic mass is 10.3. The van der Waals surface area contributed by atoms with Crippen molar-refractivity contribution in [1.82, 2.24) is 14.5 Å².